The first-order valence-corrected chi connectivity index (χ1v) is 9.02. The molecule has 0 saturated heterocycles. The van der Waals surface area contributed by atoms with E-state index in [-0.39, 0.29) is 11.2 Å². The predicted molar refractivity (Wildman–Crippen MR) is 101 cm³/mol. The third-order valence-electron chi connectivity index (χ3n) is 5.25. The van der Waals surface area contributed by atoms with E-state index in [0.717, 1.165) is 24.7 Å². The van der Waals surface area contributed by atoms with Crippen molar-refractivity contribution in [2.24, 2.45) is 13.0 Å². The van der Waals surface area contributed by atoms with Gasteiger partial charge in [0, 0.05) is 19.5 Å². The summed E-state index contributed by atoms with van der Waals surface area (Å²) in [5, 5.41) is 0. The topological polar surface area (TPSA) is 66.9 Å². The molecule has 7 heteroatoms. The van der Waals surface area contributed by atoms with Crippen molar-refractivity contribution >= 4 is 22.8 Å². The Morgan fingerprint density at radius 2 is 2.00 bits per heavy atom. The molecular weight excluding hydrogens is 330 g/mol. The van der Waals surface area contributed by atoms with Crippen LogP contribution in [0.1, 0.15) is 19.4 Å². The number of H-pyrrole nitrogens is 1. The smallest absolute Gasteiger partial charge is 0.267 e. The molecule has 0 aliphatic carbocycles. The normalized spacial score (nSPS) is 16.9. The average molecular weight is 354 g/mol. The van der Waals surface area contributed by atoms with Gasteiger partial charge < -0.3 is 0 Å². The number of hydrogen-bond donors (Lipinski definition) is 1. The fraction of sp³-hybridized carbons (Fsp3) is 0.421. The molecule has 2 aromatic heterocycles. The van der Waals surface area contributed by atoms with Gasteiger partial charge in [-0.25, -0.2) is 19.2 Å². The lowest BCUT2D eigenvalue weighted by Gasteiger charge is -2.27. The van der Waals surface area contributed by atoms with Gasteiger partial charge in [0.25, 0.3) is 5.56 Å². The third kappa shape index (κ3) is 2.23. The third-order valence-corrected chi connectivity index (χ3v) is 5.25. The molecule has 1 aromatic carbocycles. The van der Waals surface area contributed by atoms with Crippen LogP contribution in [0, 0.1) is 12.8 Å². The van der Waals surface area contributed by atoms with Gasteiger partial charge in [0.1, 0.15) is 5.69 Å². The van der Waals surface area contributed by atoms with Gasteiger partial charge in [-0.05, 0) is 25.5 Å². The molecule has 1 aliphatic heterocycles. The molecular formula is C19H24N5O2+. The molecule has 1 atom stereocenters. The number of nitrogens with zero attached hydrogens (tertiary/aromatic N) is 4. The number of rotatable bonds is 2. The Bertz CT molecular complexity index is 1120. The Morgan fingerprint density at radius 1 is 1.27 bits per heavy atom. The highest BCUT2D eigenvalue weighted by molar-refractivity contribution is 5.71. The van der Waals surface area contributed by atoms with Crippen LogP contribution in [0.3, 0.4) is 0 Å². The van der Waals surface area contributed by atoms with E-state index in [2.05, 4.69) is 35.9 Å². The number of aromatic nitrogens is 4. The van der Waals surface area contributed by atoms with Gasteiger partial charge in [-0.15, -0.1) is 0 Å². The van der Waals surface area contributed by atoms with Crippen LogP contribution in [0.5, 0.6) is 0 Å². The minimum atomic E-state index is -0.292. The summed E-state index contributed by atoms with van der Waals surface area (Å²) in [7, 11) is 1.71. The Balaban J connectivity index is 2.07. The van der Waals surface area contributed by atoms with E-state index in [1.807, 2.05) is 23.6 Å². The maximum atomic E-state index is 13.0. The molecule has 0 spiro atoms. The molecule has 0 radical (unpaired) electrons. The van der Waals surface area contributed by atoms with Crippen LogP contribution in [0.2, 0.25) is 0 Å². The molecule has 0 amide bonds. The molecule has 0 saturated carbocycles. The number of aryl methyl sites for hydroxylation is 2. The highest BCUT2D eigenvalue weighted by atomic mass is 16.2. The molecule has 0 bridgehead atoms. The van der Waals surface area contributed by atoms with Crippen molar-refractivity contribution < 1.29 is 4.57 Å². The fourth-order valence-electron chi connectivity index (χ4n) is 3.93. The van der Waals surface area contributed by atoms with E-state index < -0.39 is 0 Å². The summed E-state index contributed by atoms with van der Waals surface area (Å²) in [5.74, 6) is 1.23. The van der Waals surface area contributed by atoms with Crippen LogP contribution in [-0.4, -0.2) is 20.7 Å². The summed E-state index contributed by atoms with van der Waals surface area (Å²) in [5.41, 5.74) is 2.90. The van der Waals surface area contributed by atoms with Crippen LogP contribution in [0.25, 0.3) is 11.2 Å². The van der Waals surface area contributed by atoms with Crippen LogP contribution in [-0.2, 0) is 20.1 Å². The zero-order valence-corrected chi connectivity index (χ0v) is 15.6. The zero-order valence-electron chi connectivity index (χ0n) is 15.6. The van der Waals surface area contributed by atoms with E-state index in [1.165, 1.54) is 14.7 Å². The van der Waals surface area contributed by atoms with E-state index in [0.29, 0.717) is 23.6 Å². The second-order valence-corrected chi connectivity index (χ2v) is 7.15. The minimum absolute atomic E-state index is 0.230. The summed E-state index contributed by atoms with van der Waals surface area (Å²) in [6.45, 7) is 8.05. The molecule has 4 rings (SSSR count). The second kappa shape index (κ2) is 5.86. The lowest BCUT2D eigenvalue weighted by atomic mass is 10.1. The largest absolute Gasteiger partial charge is 0.364 e. The summed E-state index contributed by atoms with van der Waals surface area (Å²) >= 11 is 0. The maximum Gasteiger partial charge on any atom is 0.364 e. The van der Waals surface area contributed by atoms with Crippen LogP contribution < -0.4 is 20.7 Å². The summed E-state index contributed by atoms with van der Waals surface area (Å²) in [6, 6.07) is 8.22. The molecule has 0 unspecified atom stereocenters. The van der Waals surface area contributed by atoms with Gasteiger partial charge >= 0.3 is 11.6 Å². The first-order chi connectivity index (χ1) is 12.4. The molecule has 3 heterocycles. The molecule has 7 nitrogen and oxygen atoms in total. The second-order valence-electron chi connectivity index (χ2n) is 7.15. The number of nitrogens with one attached hydrogen (secondary N) is 1. The molecule has 136 valence electrons. The Morgan fingerprint density at radius 3 is 2.69 bits per heavy atom. The highest BCUT2D eigenvalue weighted by Gasteiger charge is 2.36. The Kier molecular flexibility index (Phi) is 3.75. The Hall–Kier alpha value is -2.83. The summed E-state index contributed by atoms with van der Waals surface area (Å²) in [6.07, 6.45) is 0. The van der Waals surface area contributed by atoms with Crippen molar-refractivity contribution in [3.63, 3.8) is 0 Å². The number of fused-ring (bicyclic) bond motifs is 3. The van der Waals surface area contributed by atoms with E-state index in [1.54, 1.807) is 7.05 Å². The molecule has 1 aliphatic rings. The number of aromatic amines is 1. The Labute approximate surface area is 151 Å². The van der Waals surface area contributed by atoms with Crippen molar-refractivity contribution in [2.45, 2.75) is 33.9 Å². The van der Waals surface area contributed by atoms with Crippen molar-refractivity contribution in [1.82, 2.24) is 14.1 Å². The average Bonchev–Trinajstić information content (AvgIpc) is 3.00. The number of benzene rings is 1. The molecule has 0 fully saturated rings. The standard InChI is InChI=1S/C19H23N5O2/c1-5-22-17(25)15-16(21(4)19(22)26)20-18-23(10-12(2)11-24(15)18)14-9-7-6-8-13(14)3/h6-9,12H,5,10-11H2,1-4H3/p+1/t12-/m0/s1. The van der Waals surface area contributed by atoms with E-state index in [4.69, 9.17) is 0 Å². The monoisotopic (exact) mass is 354 g/mol. The van der Waals surface area contributed by atoms with Crippen molar-refractivity contribution in [1.29, 1.82) is 0 Å². The first-order valence-electron chi connectivity index (χ1n) is 9.02. The van der Waals surface area contributed by atoms with Gasteiger partial charge in [0.05, 0.1) is 13.1 Å². The van der Waals surface area contributed by atoms with E-state index in [9.17, 15) is 9.59 Å². The van der Waals surface area contributed by atoms with Gasteiger partial charge in [-0.1, -0.05) is 25.1 Å². The number of imidazole rings is 1. The van der Waals surface area contributed by atoms with Gasteiger partial charge in [-0.2, -0.15) is 0 Å². The molecule has 26 heavy (non-hydrogen) atoms. The number of hydrogen-bond acceptors (Lipinski definition) is 3. The van der Waals surface area contributed by atoms with E-state index >= 15 is 0 Å². The van der Waals surface area contributed by atoms with Crippen molar-refractivity contribution in [3.8, 4) is 0 Å². The van der Waals surface area contributed by atoms with Crippen LogP contribution >= 0.6 is 0 Å². The molecule has 1 N–H and O–H groups in total. The fourth-order valence-corrected chi connectivity index (χ4v) is 3.93. The van der Waals surface area contributed by atoms with Gasteiger partial charge in [0.15, 0.2) is 0 Å². The predicted octanol–water partition coefficient (Wildman–Crippen LogP) is 1.43. The highest BCUT2D eigenvalue weighted by Crippen LogP contribution is 2.30. The lowest BCUT2D eigenvalue weighted by molar-refractivity contribution is -0.669. The van der Waals surface area contributed by atoms with Gasteiger partial charge in [0.2, 0.25) is 11.2 Å². The van der Waals surface area contributed by atoms with Crippen LogP contribution in [0.4, 0.5) is 11.6 Å². The first kappa shape index (κ1) is 16.6. The lowest BCUT2D eigenvalue weighted by Crippen LogP contribution is -2.52. The summed E-state index contributed by atoms with van der Waals surface area (Å²) < 4.78 is 4.86. The van der Waals surface area contributed by atoms with Crippen LogP contribution in [0.15, 0.2) is 33.9 Å². The van der Waals surface area contributed by atoms with Crippen molar-refractivity contribution in [2.75, 3.05) is 11.4 Å². The maximum absolute atomic E-state index is 13.0. The number of para-hydroxylation sites is 1. The number of anilines is 2. The SMILES string of the molecule is CCn1c(=O)c2c([nH]c3[n+]2C[C@@H](C)CN3c2ccccc2C)n(C)c1=O. The zero-order chi connectivity index (χ0) is 18.6. The quantitative estimate of drug-likeness (QED) is 0.708. The van der Waals surface area contributed by atoms with Gasteiger partial charge in [-0.3, -0.25) is 13.9 Å². The minimum Gasteiger partial charge on any atom is -0.267 e. The molecule has 3 aromatic rings. The summed E-state index contributed by atoms with van der Waals surface area (Å²) in [4.78, 5) is 31.0. The van der Waals surface area contributed by atoms with Crippen molar-refractivity contribution in [3.05, 3.63) is 50.7 Å².